The molecule has 3 heteroatoms. The molecule has 0 atom stereocenters. The highest BCUT2D eigenvalue weighted by Crippen LogP contribution is 2.10. The molecule has 0 aliphatic carbocycles. The molecule has 13 heavy (non-hydrogen) atoms. The highest BCUT2D eigenvalue weighted by molar-refractivity contribution is 5.49. The van der Waals surface area contributed by atoms with E-state index in [1.807, 2.05) is 24.3 Å². The van der Waals surface area contributed by atoms with E-state index in [-0.39, 0.29) is 0 Å². The molecule has 0 N–H and O–H groups in total. The van der Waals surface area contributed by atoms with Crippen LogP contribution in [-0.4, -0.2) is 14.8 Å². The maximum absolute atomic E-state index is 5.35. The van der Waals surface area contributed by atoms with Gasteiger partial charge < -0.3 is 0 Å². The van der Waals surface area contributed by atoms with Crippen molar-refractivity contribution in [2.75, 3.05) is 0 Å². The third-order valence-corrected chi connectivity index (χ3v) is 1.73. The van der Waals surface area contributed by atoms with Crippen LogP contribution >= 0.6 is 0 Å². The minimum Gasteiger partial charge on any atom is -0.223 e. The zero-order valence-electron chi connectivity index (χ0n) is 6.88. The third-order valence-electron chi connectivity index (χ3n) is 1.73. The minimum atomic E-state index is 0.813. The molecule has 0 saturated heterocycles. The van der Waals surface area contributed by atoms with Crippen molar-refractivity contribution in [3.63, 3.8) is 0 Å². The van der Waals surface area contributed by atoms with Gasteiger partial charge in [0, 0.05) is 0 Å². The lowest BCUT2D eigenvalue weighted by atomic mass is 10.2. The fourth-order valence-corrected chi connectivity index (χ4v) is 1.13. The average Bonchev–Trinajstić information content (AvgIpc) is 2.70. The first-order chi connectivity index (χ1) is 6.42. The van der Waals surface area contributed by atoms with Gasteiger partial charge in [0.1, 0.15) is 12.7 Å². The summed E-state index contributed by atoms with van der Waals surface area (Å²) >= 11 is 0. The number of nitrogens with zero attached hydrogens (tertiary/aromatic N) is 3. The first-order valence-electron chi connectivity index (χ1n) is 3.82. The molecular weight excluding hydrogens is 162 g/mol. The van der Waals surface area contributed by atoms with Crippen molar-refractivity contribution in [1.29, 1.82) is 0 Å². The molecule has 3 nitrogen and oxygen atoms in total. The van der Waals surface area contributed by atoms with Gasteiger partial charge in [-0.2, -0.15) is 5.10 Å². The number of aromatic nitrogens is 3. The van der Waals surface area contributed by atoms with Crippen LogP contribution in [0.4, 0.5) is 0 Å². The predicted molar refractivity (Wildman–Crippen MR) is 49.3 cm³/mol. The average molecular weight is 169 g/mol. The van der Waals surface area contributed by atoms with Crippen LogP contribution in [0, 0.1) is 12.3 Å². The van der Waals surface area contributed by atoms with Gasteiger partial charge in [-0.25, -0.2) is 9.67 Å². The second-order valence-corrected chi connectivity index (χ2v) is 2.50. The van der Waals surface area contributed by atoms with Gasteiger partial charge >= 0.3 is 0 Å². The van der Waals surface area contributed by atoms with Crippen molar-refractivity contribution < 1.29 is 0 Å². The van der Waals surface area contributed by atoms with E-state index in [0.29, 0.717) is 0 Å². The summed E-state index contributed by atoms with van der Waals surface area (Å²) in [6, 6.07) is 7.59. The Bertz CT molecular complexity index is 437. The molecule has 0 aliphatic rings. The second-order valence-electron chi connectivity index (χ2n) is 2.50. The molecule has 0 fully saturated rings. The Kier molecular flexibility index (Phi) is 1.81. The highest BCUT2D eigenvalue weighted by Gasteiger charge is 2.00. The molecule has 0 unspecified atom stereocenters. The van der Waals surface area contributed by atoms with E-state index in [4.69, 9.17) is 6.42 Å². The number of hydrogen-bond donors (Lipinski definition) is 0. The zero-order valence-corrected chi connectivity index (χ0v) is 6.88. The lowest BCUT2D eigenvalue weighted by molar-refractivity contribution is 0.876. The molecular formula is C10H7N3. The Morgan fingerprint density at radius 3 is 2.85 bits per heavy atom. The van der Waals surface area contributed by atoms with E-state index in [1.165, 1.54) is 6.33 Å². The second kappa shape index (κ2) is 3.11. The lowest BCUT2D eigenvalue weighted by Gasteiger charge is -2.01. The summed E-state index contributed by atoms with van der Waals surface area (Å²) in [4.78, 5) is 3.86. The number of terminal acetylenes is 1. The maximum atomic E-state index is 5.35. The highest BCUT2D eigenvalue weighted by atomic mass is 15.3. The monoisotopic (exact) mass is 169 g/mol. The molecule has 0 aliphatic heterocycles. The van der Waals surface area contributed by atoms with Crippen LogP contribution < -0.4 is 0 Å². The molecule has 0 spiro atoms. The van der Waals surface area contributed by atoms with Crippen molar-refractivity contribution in [1.82, 2.24) is 14.8 Å². The minimum absolute atomic E-state index is 0.813. The van der Waals surface area contributed by atoms with Gasteiger partial charge in [0.25, 0.3) is 0 Å². The Morgan fingerprint density at radius 1 is 1.31 bits per heavy atom. The predicted octanol–water partition coefficient (Wildman–Crippen LogP) is 1.25. The third kappa shape index (κ3) is 1.30. The molecule has 0 amide bonds. The summed E-state index contributed by atoms with van der Waals surface area (Å²) in [6.45, 7) is 0. The van der Waals surface area contributed by atoms with Gasteiger partial charge in [-0.05, 0) is 12.1 Å². The summed E-state index contributed by atoms with van der Waals surface area (Å²) < 4.78 is 1.65. The van der Waals surface area contributed by atoms with Crippen LogP contribution in [0.15, 0.2) is 36.9 Å². The molecule has 2 aromatic rings. The number of hydrogen-bond acceptors (Lipinski definition) is 2. The van der Waals surface area contributed by atoms with Gasteiger partial charge in [0.2, 0.25) is 0 Å². The van der Waals surface area contributed by atoms with E-state index in [1.54, 1.807) is 11.0 Å². The van der Waals surface area contributed by atoms with Crippen LogP contribution in [0.2, 0.25) is 0 Å². The van der Waals surface area contributed by atoms with E-state index >= 15 is 0 Å². The molecule has 0 saturated carbocycles. The van der Waals surface area contributed by atoms with Crippen LogP contribution in [0.3, 0.4) is 0 Å². The van der Waals surface area contributed by atoms with Crippen LogP contribution in [0.25, 0.3) is 5.69 Å². The SMILES string of the molecule is C#Cc1ccccc1-n1cncn1. The fraction of sp³-hybridized carbons (Fsp3) is 0. The van der Waals surface area contributed by atoms with E-state index < -0.39 is 0 Å². The summed E-state index contributed by atoms with van der Waals surface area (Å²) in [7, 11) is 0. The first-order valence-corrected chi connectivity index (χ1v) is 3.82. The van der Waals surface area contributed by atoms with Crippen molar-refractivity contribution in [3.05, 3.63) is 42.5 Å². The molecule has 1 aromatic carbocycles. The number of benzene rings is 1. The quantitative estimate of drug-likeness (QED) is 0.601. The van der Waals surface area contributed by atoms with Gasteiger partial charge in [-0.1, -0.05) is 18.1 Å². The summed E-state index contributed by atoms with van der Waals surface area (Å²) in [5.74, 6) is 2.60. The molecule has 0 radical (unpaired) electrons. The van der Waals surface area contributed by atoms with Gasteiger partial charge in [0.15, 0.2) is 0 Å². The molecule has 2 rings (SSSR count). The molecule has 1 heterocycles. The van der Waals surface area contributed by atoms with E-state index in [0.717, 1.165) is 11.3 Å². The largest absolute Gasteiger partial charge is 0.223 e. The standard InChI is InChI=1S/C10H7N3/c1-2-9-5-3-4-6-10(9)13-8-11-7-12-13/h1,3-8H. The van der Waals surface area contributed by atoms with Gasteiger partial charge in [0.05, 0.1) is 11.3 Å². The zero-order chi connectivity index (χ0) is 9.10. The topological polar surface area (TPSA) is 30.7 Å². The Balaban J connectivity index is 2.59. The first kappa shape index (κ1) is 7.56. The molecule has 62 valence electrons. The van der Waals surface area contributed by atoms with Crippen LogP contribution in [0.5, 0.6) is 0 Å². The smallest absolute Gasteiger partial charge is 0.138 e. The van der Waals surface area contributed by atoms with Crippen LogP contribution in [0.1, 0.15) is 5.56 Å². The van der Waals surface area contributed by atoms with Crippen molar-refractivity contribution >= 4 is 0 Å². The summed E-state index contributed by atoms with van der Waals surface area (Å²) in [6.07, 6.45) is 8.45. The molecule has 1 aromatic heterocycles. The van der Waals surface area contributed by atoms with Gasteiger partial charge in [-0.3, -0.25) is 0 Å². The number of rotatable bonds is 1. The Hall–Kier alpha value is -2.08. The Morgan fingerprint density at radius 2 is 2.15 bits per heavy atom. The lowest BCUT2D eigenvalue weighted by Crippen LogP contribution is -1.96. The van der Waals surface area contributed by atoms with E-state index in [9.17, 15) is 0 Å². The van der Waals surface area contributed by atoms with Crippen LogP contribution in [-0.2, 0) is 0 Å². The molecule has 0 bridgehead atoms. The maximum Gasteiger partial charge on any atom is 0.138 e. The van der Waals surface area contributed by atoms with Crippen molar-refractivity contribution in [2.45, 2.75) is 0 Å². The fourth-order valence-electron chi connectivity index (χ4n) is 1.13. The van der Waals surface area contributed by atoms with Crippen molar-refractivity contribution in [3.8, 4) is 18.0 Å². The van der Waals surface area contributed by atoms with Gasteiger partial charge in [-0.15, -0.1) is 6.42 Å². The number of para-hydroxylation sites is 1. The van der Waals surface area contributed by atoms with Crippen molar-refractivity contribution in [2.24, 2.45) is 0 Å². The Labute approximate surface area is 76.0 Å². The summed E-state index contributed by atoms with van der Waals surface area (Å²) in [5.41, 5.74) is 1.69. The van der Waals surface area contributed by atoms with E-state index in [2.05, 4.69) is 16.0 Å². The summed E-state index contributed by atoms with van der Waals surface area (Å²) in [5, 5.41) is 4.01. The normalized spacial score (nSPS) is 9.46.